The minimum Gasteiger partial charge on any atom is -0.493 e. The summed E-state index contributed by atoms with van der Waals surface area (Å²) in [5.74, 6) is 0.820. The van der Waals surface area contributed by atoms with E-state index in [1.165, 1.54) is 0 Å². The van der Waals surface area contributed by atoms with E-state index in [0.29, 0.717) is 23.8 Å². The highest BCUT2D eigenvalue weighted by atomic mass is 16.5. The Morgan fingerprint density at radius 2 is 1.64 bits per heavy atom. The number of tetrazole rings is 1. The molecule has 0 aliphatic heterocycles. The summed E-state index contributed by atoms with van der Waals surface area (Å²) in [5.41, 5.74) is 1.97. The lowest BCUT2D eigenvalue weighted by Gasteiger charge is -2.13. The van der Waals surface area contributed by atoms with Gasteiger partial charge in [0.25, 0.3) is 0 Å². The van der Waals surface area contributed by atoms with Crippen molar-refractivity contribution >= 4 is 5.91 Å². The first-order valence-electron chi connectivity index (χ1n) is 10.3. The van der Waals surface area contributed by atoms with Crippen molar-refractivity contribution < 1.29 is 14.3 Å². The van der Waals surface area contributed by atoms with E-state index in [9.17, 15) is 9.59 Å². The van der Waals surface area contributed by atoms with Gasteiger partial charge in [-0.2, -0.15) is 9.36 Å². The molecule has 0 saturated heterocycles. The summed E-state index contributed by atoms with van der Waals surface area (Å²) >= 11 is 0. The average molecular weight is 445 g/mol. The van der Waals surface area contributed by atoms with Crippen LogP contribution in [0.15, 0.2) is 83.7 Å². The Bertz CT molecular complexity index is 1270. The van der Waals surface area contributed by atoms with Crippen molar-refractivity contribution in [2.24, 2.45) is 0 Å². The first kappa shape index (κ1) is 21.8. The van der Waals surface area contributed by atoms with Gasteiger partial charge in [-0.25, -0.2) is 4.79 Å². The number of carbonyl (C=O) groups excluding carboxylic acids is 1. The highest BCUT2D eigenvalue weighted by Gasteiger charge is 2.13. The predicted molar refractivity (Wildman–Crippen MR) is 121 cm³/mol. The van der Waals surface area contributed by atoms with E-state index in [4.69, 9.17) is 9.47 Å². The Morgan fingerprint density at radius 1 is 0.909 bits per heavy atom. The molecule has 3 aromatic carbocycles. The molecule has 168 valence electrons. The van der Waals surface area contributed by atoms with Crippen LogP contribution in [0.4, 0.5) is 0 Å². The molecule has 33 heavy (non-hydrogen) atoms. The van der Waals surface area contributed by atoms with Crippen molar-refractivity contribution in [3.8, 4) is 17.2 Å². The number of aromatic nitrogens is 4. The smallest absolute Gasteiger partial charge is 0.368 e. The van der Waals surface area contributed by atoms with Gasteiger partial charge in [-0.3, -0.25) is 4.79 Å². The average Bonchev–Trinajstić information content (AvgIpc) is 3.22. The molecule has 1 amide bonds. The predicted octanol–water partition coefficient (Wildman–Crippen LogP) is 2.33. The number of para-hydroxylation sites is 1. The number of nitrogens with zero attached hydrogens (tertiary/aromatic N) is 4. The van der Waals surface area contributed by atoms with E-state index >= 15 is 0 Å². The molecule has 1 heterocycles. The maximum atomic E-state index is 12.5. The molecule has 0 saturated carbocycles. The second-order valence-electron chi connectivity index (χ2n) is 7.20. The van der Waals surface area contributed by atoms with Crippen LogP contribution in [0.3, 0.4) is 0 Å². The summed E-state index contributed by atoms with van der Waals surface area (Å²) < 4.78 is 13.5. The summed E-state index contributed by atoms with van der Waals surface area (Å²) in [7, 11) is 1.57. The fraction of sp³-hybridized carbons (Fsp3) is 0.167. The Balaban J connectivity index is 1.34. The maximum absolute atomic E-state index is 12.5. The minimum absolute atomic E-state index is 0.235. The van der Waals surface area contributed by atoms with Gasteiger partial charge >= 0.3 is 5.69 Å². The van der Waals surface area contributed by atoms with E-state index < -0.39 is 5.69 Å². The normalized spacial score (nSPS) is 10.6. The third kappa shape index (κ3) is 5.45. The van der Waals surface area contributed by atoms with Crippen molar-refractivity contribution in [1.29, 1.82) is 0 Å². The lowest BCUT2D eigenvalue weighted by atomic mass is 10.2. The zero-order valence-electron chi connectivity index (χ0n) is 18.0. The lowest BCUT2D eigenvalue weighted by molar-refractivity contribution is -0.122. The topological polar surface area (TPSA) is 100 Å². The summed E-state index contributed by atoms with van der Waals surface area (Å²) in [6, 6.07) is 24.2. The van der Waals surface area contributed by atoms with Crippen molar-refractivity contribution in [3.05, 3.63) is 100 Å². The molecule has 0 unspecified atom stereocenters. The zero-order valence-corrected chi connectivity index (χ0v) is 18.0. The fourth-order valence-corrected chi connectivity index (χ4v) is 3.17. The first-order valence-corrected chi connectivity index (χ1v) is 10.3. The van der Waals surface area contributed by atoms with Crippen LogP contribution >= 0.6 is 0 Å². The molecule has 0 radical (unpaired) electrons. The van der Waals surface area contributed by atoms with Crippen LogP contribution in [0.5, 0.6) is 11.5 Å². The van der Waals surface area contributed by atoms with E-state index in [-0.39, 0.29) is 19.0 Å². The number of hydrogen-bond donors (Lipinski definition) is 1. The molecule has 4 rings (SSSR count). The number of benzene rings is 3. The molecule has 0 aliphatic rings. The summed E-state index contributed by atoms with van der Waals surface area (Å²) in [5, 5.41) is 10.4. The van der Waals surface area contributed by atoms with Crippen LogP contribution in [0.1, 0.15) is 11.1 Å². The number of methoxy groups -OCH3 is 1. The van der Waals surface area contributed by atoms with Gasteiger partial charge < -0.3 is 14.8 Å². The number of nitrogens with one attached hydrogen (secondary N) is 1. The van der Waals surface area contributed by atoms with Gasteiger partial charge in [-0.05, 0) is 45.8 Å². The van der Waals surface area contributed by atoms with E-state index in [2.05, 4.69) is 15.7 Å². The first-order chi connectivity index (χ1) is 16.1. The van der Waals surface area contributed by atoms with Crippen LogP contribution in [0.2, 0.25) is 0 Å². The third-order valence-electron chi connectivity index (χ3n) is 4.89. The Kier molecular flexibility index (Phi) is 6.79. The van der Waals surface area contributed by atoms with Crippen LogP contribution < -0.4 is 20.5 Å². The SMILES string of the molecule is COc1cc(CNC(=O)Cn2nnn(-c3ccccc3)c2=O)ccc1OCc1ccccc1. The monoisotopic (exact) mass is 445 g/mol. The molecule has 1 N–H and O–H groups in total. The lowest BCUT2D eigenvalue weighted by Crippen LogP contribution is -2.33. The number of hydrogen-bond acceptors (Lipinski definition) is 6. The number of carbonyl (C=O) groups is 1. The molecular weight excluding hydrogens is 422 g/mol. The highest BCUT2D eigenvalue weighted by Crippen LogP contribution is 2.28. The molecule has 4 aromatic rings. The molecule has 1 aromatic heterocycles. The minimum atomic E-state index is -0.488. The van der Waals surface area contributed by atoms with Gasteiger partial charge in [-0.15, -0.1) is 0 Å². The Labute approximate surface area is 190 Å². The summed E-state index contributed by atoms with van der Waals surface area (Å²) in [6.07, 6.45) is 0. The molecular formula is C24H23N5O4. The Hall–Kier alpha value is -4.40. The highest BCUT2D eigenvalue weighted by molar-refractivity contribution is 5.75. The van der Waals surface area contributed by atoms with Crippen molar-refractivity contribution in [1.82, 2.24) is 25.1 Å². The summed E-state index contributed by atoms with van der Waals surface area (Å²) in [4.78, 5) is 24.8. The number of rotatable bonds is 9. The van der Waals surface area contributed by atoms with E-state index in [1.807, 2.05) is 42.5 Å². The second kappa shape index (κ2) is 10.3. The van der Waals surface area contributed by atoms with Gasteiger partial charge in [0.15, 0.2) is 11.5 Å². The zero-order chi connectivity index (χ0) is 23.0. The molecule has 9 nitrogen and oxygen atoms in total. The van der Waals surface area contributed by atoms with E-state index in [0.717, 1.165) is 20.5 Å². The fourth-order valence-electron chi connectivity index (χ4n) is 3.17. The largest absolute Gasteiger partial charge is 0.493 e. The van der Waals surface area contributed by atoms with Gasteiger partial charge in [0, 0.05) is 6.54 Å². The van der Waals surface area contributed by atoms with Gasteiger partial charge in [0.2, 0.25) is 5.91 Å². The van der Waals surface area contributed by atoms with Gasteiger partial charge in [0.05, 0.1) is 12.8 Å². The van der Waals surface area contributed by atoms with Gasteiger partial charge in [0.1, 0.15) is 13.2 Å². The van der Waals surface area contributed by atoms with Crippen LogP contribution in [0, 0.1) is 0 Å². The molecule has 9 heteroatoms. The molecule has 0 fully saturated rings. The van der Waals surface area contributed by atoms with Crippen LogP contribution in [0.25, 0.3) is 5.69 Å². The summed E-state index contributed by atoms with van der Waals surface area (Å²) in [6.45, 7) is 0.447. The molecule has 0 bridgehead atoms. The van der Waals surface area contributed by atoms with Crippen molar-refractivity contribution in [3.63, 3.8) is 0 Å². The molecule has 0 aliphatic carbocycles. The van der Waals surface area contributed by atoms with Crippen LogP contribution in [-0.4, -0.2) is 32.8 Å². The number of ether oxygens (including phenoxy) is 2. The number of amides is 1. The maximum Gasteiger partial charge on any atom is 0.368 e. The third-order valence-corrected chi connectivity index (χ3v) is 4.89. The standard InChI is InChI=1S/C24H23N5O4/c1-32-22-14-19(12-13-21(22)33-17-18-8-4-2-5-9-18)15-25-23(30)16-28-24(31)29(27-26-28)20-10-6-3-7-11-20/h2-14H,15-17H2,1H3,(H,25,30). The van der Waals surface area contributed by atoms with E-state index in [1.54, 1.807) is 43.5 Å². The van der Waals surface area contributed by atoms with Crippen LogP contribution in [-0.2, 0) is 24.5 Å². The Morgan fingerprint density at radius 3 is 2.36 bits per heavy atom. The molecule has 0 spiro atoms. The van der Waals surface area contributed by atoms with Crippen molar-refractivity contribution in [2.45, 2.75) is 19.7 Å². The quantitative estimate of drug-likeness (QED) is 0.425. The molecule has 0 atom stereocenters. The second-order valence-corrected chi connectivity index (χ2v) is 7.20. The van der Waals surface area contributed by atoms with Gasteiger partial charge in [-0.1, -0.05) is 54.6 Å². The van der Waals surface area contributed by atoms with Crippen molar-refractivity contribution in [2.75, 3.05) is 7.11 Å².